The molecule has 1 N–H and O–H groups in total. The number of amides is 1. The van der Waals surface area contributed by atoms with Crippen LogP contribution < -0.4 is 4.90 Å². The molecular formula is C12H14ClNO2. The number of aliphatic hydroxyl groups excluding tert-OH is 1. The van der Waals surface area contributed by atoms with Crippen molar-refractivity contribution in [2.45, 2.75) is 13.0 Å². The number of halogens is 1. The van der Waals surface area contributed by atoms with Crippen LogP contribution >= 0.6 is 11.6 Å². The van der Waals surface area contributed by atoms with Crippen LogP contribution in [0.15, 0.2) is 24.3 Å². The zero-order valence-electron chi connectivity index (χ0n) is 8.90. The van der Waals surface area contributed by atoms with Crippen molar-refractivity contribution in [2.75, 3.05) is 17.3 Å². The Balaban J connectivity index is 2.27. The van der Waals surface area contributed by atoms with Crippen molar-refractivity contribution >= 4 is 23.2 Å². The molecule has 4 heteroatoms. The predicted molar refractivity (Wildman–Crippen MR) is 63.5 cm³/mol. The van der Waals surface area contributed by atoms with E-state index >= 15 is 0 Å². The number of para-hydroxylation sites is 1. The van der Waals surface area contributed by atoms with Crippen molar-refractivity contribution in [3.63, 3.8) is 0 Å². The molecule has 2 rings (SSSR count). The normalized spacial score (nSPS) is 20.5. The second-order valence-electron chi connectivity index (χ2n) is 4.02. The summed E-state index contributed by atoms with van der Waals surface area (Å²) in [6.45, 7) is 0.602. The lowest BCUT2D eigenvalue weighted by Crippen LogP contribution is -2.25. The number of hydrogen-bond acceptors (Lipinski definition) is 2. The maximum absolute atomic E-state index is 11.8. The summed E-state index contributed by atoms with van der Waals surface area (Å²) < 4.78 is 0. The Hall–Kier alpha value is -1.06. The van der Waals surface area contributed by atoms with E-state index in [-0.39, 0.29) is 18.4 Å². The van der Waals surface area contributed by atoms with Crippen molar-refractivity contribution in [1.82, 2.24) is 0 Å². The minimum absolute atomic E-state index is 0.0501. The van der Waals surface area contributed by atoms with E-state index in [4.69, 9.17) is 11.6 Å². The van der Waals surface area contributed by atoms with E-state index in [1.165, 1.54) is 0 Å². The predicted octanol–water partition coefficient (Wildman–Crippen LogP) is 1.77. The van der Waals surface area contributed by atoms with Gasteiger partial charge in [0.2, 0.25) is 5.91 Å². The molecule has 1 aromatic rings. The fourth-order valence-electron chi connectivity index (χ4n) is 2.03. The Morgan fingerprint density at radius 1 is 1.44 bits per heavy atom. The molecule has 1 heterocycles. The molecule has 1 aromatic carbocycles. The monoisotopic (exact) mass is 239 g/mol. The summed E-state index contributed by atoms with van der Waals surface area (Å²) in [6, 6.07) is 7.42. The molecule has 0 aromatic heterocycles. The van der Waals surface area contributed by atoms with E-state index in [2.05, 4.69) is 0 Å². The number of benzene rings is 1. The molecule has 1 amide bonds. The van der Waals surface area contributed by atoms with Gasteiger partial charge in [-0.3, -0.25) is 4.79 Å². The number of carbonyl (C=O) groups excluding carboxylic acids is 1. The smallest absolute Gasteiger partial charge is 0.227 e. The Morgan fingerprint density at radius 2 is 2.19 bits per heavy atom. The van der Waals surface area contributed by atoms with E-state index in [1.54, 1.807) is 4.90 Å². The summed E-state index contributed by atoms with van der Waals surface area (Å²) in [5, 5.41) is 9.22. The summed E-state index contributed by atoms with van der Waals surface area (Å²) in [4.78, 5) is 13.5. The summed E-state index contributed by atoms with van der Waals surface area (Å²) in [7, 11) is 0. The number of rotatable bonds is 3. The van der Waals surface area contributed by atoms with Crippen LogP contribution in [0.2, 0.25) is 0 Å². The molecule has 86 valence electrons. The van der Waals surface area contributed by atoms with Gasteiger partial charge in [-0.1, -0.05) is 18.2 Å². The van der Waals surface area contributed by atoms with E-state index in [9.17, 15) is 9.90 Å². The molecule has 1 unspecified atom stereocenters. The van der Waals surface area contributed by atoms with Gasteiger partial charge in [-0.25, -0.2) is 0 Å². The van der Waals surface area contributed by atoms with Crippen molar-refractivity contribution in [2.24, 2.45) is 5.92 Å². The quantitative estimate of drug-likeness (QED) is 0.817. The highest BCUT2D eigenvalue weighted by Crippen LogP contribution is 2.28. The first-order valence-electron chi connectivity index (χ1n) is 5.31. The minimum Gasteiger partial charge on any atom is -0.392 e. The van der Waals surface area contributed by atoms with Crippen LogP contribution in [0.4, 0.5) is 5.69 Å². The Bertz CT molecular complexity index is 394. The Morgan fingerprint density at radius 3 is 2.81 bits per heavy atom. The van der Waals surface area contributed by atoms with Gasteiger partial charge in [-0.15, -0.1) is 11.6 Å². The first kappa shape index (κ1) is 11.4. The third kappa shape index (κ3) is 2.06. The first-order valence-corrected chi connectivity index (χ1v) is 5.84. The molecule has 3 nitrogen and oxygen atoms in total. The molecule has 16 heavy (non-hydrogen) atoms. The molecule has 1 saturated heterocycles. The standard InChI is InChI=1S/C12H14ClNO2/c13-6-9-5-12(16)14(7-9)11-4-2-1-3-10(11)8-15/h1-4,9,15H,5-8H2. The minimum atomic E-state index is -0.0501. The first-order chi connectivity index (χ1) is 7.76. The Labute approximate surface area is 99.6 Å². The average molecular weight is 240 g/mol. The van der Waals surface area contributed by atoms with E-state index in [0.29, 0.717) is 18.8 Å². The number of nitrogens with zero attached hydrogens (tertiary/aromatic N) is 1. The van der Waals surface area contributed by atoms with Crippen molar-refractivity contribution in [1.29, 1.82) is 0 Å². The van der Waals surface area contributed by atoms with Gasteiger partial charge in [-0.2, -0.15) is 0 Å². The number of carbonyl (C=O) groups is 1. The van der Waals surface area contributed by atoms with Crippen LogP contribution in [-0.4, -0.2) is 23.4 Å². The summed E-state index contributed by atoms with van der Waals surface area (Å²) in [5.74, 6) is 0.816. The topological polar surface area (TPSA) is 40.5 Å². The zero-order chi connectivity index (χ0) is 11.5. The maximum atomic E-state index is 11.8. The molecule has 1 fully saturated rings. The molecule has 0 saturated carbocycles. The van der Waals surface area contributed by atoms with Crippen LogP contribution in [0.1, 0.15) is 12.0 Å². The number of aliphatic hydroxyl groups is 1. The molecular weight excluding hydrogens is 226 g/mol. The largest absolute Gasteiger partial charge is 0.392 e. The van der Waals surface area contributed by atoms with Crippen molar-refractivity contribution in [3.05, 3.63) is 29.8 Å². The van der Waals surface area contributed by atoms with Crippen LogP contribution in [0.5, 0.6) is 0 Å². The van der Waals surface area contributed by atoms with Gasteiger partial charge in [0.25, 0.3) is 0 Å². The molecule has 1 aliphatic rings. The SMILES string of the molecule is O=C1CC(CCl)CN1c1ccccc1CO. The van der Waals surface area contributed by atoms with Gasteiger partial charge < -0.3 is 10.0 Å². The molecule has 1 aliphatic heterocycles. The summed E-state index contributed by atoms with van der Waals surface area (Å²) >= 11 is 5.77. The lowest BCUT2D eigenvalue weighted by atomic mass is 10.1. The summed E-state index contributed by atoms with van der Waals surface area (Å²) in [5.41, 5.74) is 1.59. The fourth-order valence-corrected chi connectivity index (χ4v) is 2.23. The maximum Gasteiger partial charge on any atom is 0.227 e. The number of anilines is 1. The third-order valence-corrected chi connectivity index (χ3v) is 3.31. The second kappa shape index (κ2) is 4.85. The highest BCUT2D eigenvalue weighted by atomic mass is 35.5. The van der Waals surface area contributed by atoms with E-state index < -0.39 is 0 Å². The van der Waals surface area contributed by atoms with Gasteiger partial charge >= 0.3 is 0 Å². The van der Waals surface area contributed by atoms with Gasteiger partial charge in [-0.05, 0) is 12.0 Å². The average Bonchev–Trinajstić information content (AvgIpc) is 2.70. The second-order valence-corrected chi connectivity index (χ2v) is 4.32. The molecule has 0 radical (unpaired) electrons. The van der Waals surface area contributed by atoms with Gasteiger partial charge in [0.05, 0.1) is 6.61 Å². The lowest BCUT2D eigenvalue weighted by molar-refractivity contribution is -0.117. The van der Waals surface area contributed by atoms with Gasteiger partial charge in [0, 0.05) is 30.1 Å². The van der Waals surface area contributed by atoms with E-state index in [1.807, 2.05) is 24.3 Å². The Kier molecular flexibility index (Phi) is 3.46. The summed E-state index contributed by atoms with van der Waals surface area (Å²) in [6.07, 6.45) is 0.503. The number of hydrogen-bond donors (Lipinski definition) is 1. The van der Waals surface area contributed by atoms with Crippen molar-refractivity contribution in [3.8, 4) is 0 Å². The molecule has 0 aliphatic carbocycles. The van der Waals surface area contributed by atoms with Crippen LogP contribution in [-0.2, 0) is 11.4 Å². The third-order valence-electron chi connectivity index (χ3n) is 2.88. The van der Waals surface area contributed by atoms with Crippen LogP contribution in [0, 0.1) is 5.92 Å². The number of alkyl halides is 1. The van der Waals surface area contributed by atoms with Gasteiger partial charge in [0.15, 0.2) is 0 Å². The molecule has 0 spiro atoms. The van der Waals surface area contributed by atoms with Crippen LogP contribution in [0.3, 0.4) is 0 Å². The van der Waals surface area contributed by atoms with E-state index in [0.717, 1.165) is 11.3 Å². The highest BCUT2D eigenvalue weighted by molar-refractivity contribution is 6.18. The zero-order valence-corrected chi connectivity index (χ0v) is 9.65. The lowest BCUT2D eigenvalue weighted by Gasteiger charge is -2.19. The van der Waals surface area contributed by atoms with Crippen molar-refractivity contribution < 1.29 is 9.90 Å². The molecule has 0 bridgehead atoms. The van der Waals surface area contributed by atoms with Crippen LogP contribution in [0.25, 0.3) is 0 Å². The van der Waals surface area contributed by atoms with Gasteiger partial charge in [0.1, 0.15) is 0 Å². The fraction of sp³-hybridized carbons (Fsp3) is 0.417. The molecule has 1 atom stereocenters. The highest BCUT2D eigenvalue weighted by Gasteiger charge is 2.30.